The summed E-state index contributed by atoms with van der Waals surface area (Å²) < 4.78 is 27.2. The van der Waals surface area contributed by atoms with Crippen LogP contribution in [-0.2, 0) is 38.1 Å². The van der Waals surface area contributed by atoms with E-state index in [1.165, 1.54) is 0 Å². The molecule has 0 saturated carbocycles. The van der Waals surface area contributed by atoms with Gasteiger partial charge >= 0.3 is 0 Å². The van der Waals surface area contributed by atoms with Crippen LogP contribution < -0.4 is 10.6 Å². The number of hydrogen-bond donors (Lipinski definition) is 2. The van der Waals surface area contributed by atoms with Gasteiger partial charge in [0.25, 0.3) is 5.91 Å². The Kier molecular flexibility index (Phi) is 22.8. The molecule has 2 N–H and O–H groups in total. The molecule has 2 atom stereocenters. The van der Waals surface area contributed by atoms with Crippen LogP contribution in [0.3, 0.4) is 0 Å². The van der Waals surface area contributed by atoms with Gasteiger partial charge in [-0.1, -0.05) is 57.2 Å². The maximum Gasteiger partial charge on any atom is 0.264 e. The number of rotatable bonds is 22. The predicted octanol–water partition coefficient (Wildman–Crippen LogP) is 1.97. The van der Waals surface area contributed by atoms with Crippen LogP contribution in [0.25, 0.3) is 0 Å². The third-order valence-corrected chi connectivity index (χ3v) is 6.79. The van der Waals surface area contributed by atoms with Gasteiger partial charge in [0.1, 0.15) is 11.6 Å². The molecule has 1 radical (unpaired) electrons. The Morgan fingerprint density at radius 1 is 0.891 bits per heavy atom. The van der Waals surface area contributed by atoms with E-state index in [2.05, 4.69) is 16.7 Å². The van der Waals surface area contributed by atoms with Crippen molar-refractivity contribution in [1.82, 2.24) is 15.5 Å². The molecular formula is C33H49N4O8Tb-. The Morgan fingerprint density at radius 2 is 1.41 bits per heavy atom. The summed E-state index contributed by atoms with van der Waals surface area (Å²) in [7, 11) is 0. The van der Waals surface area contributed by atoms with Crippen LogP contribution in [0.4, 0.5) is 0 Å². The molecule has 0 aromatic heterocycles. The van der Waals surface area contributed by atoms with Crippen molar-refractivity contribution in [1.29, 1.82) is 5.26 Å². The smallest absolute Gasteiger partial charge is 0.264 e. The number of hydrogen-bond acceptors (Lipinski definition) is 9. The van der Waals surface area contributed by atoms with Crippen molar-refractivity contribution in [2.75, 3.05) is 92.2 Å². The number of amides is 3. The maximum absolute atomic E-state index is 13.3. The van der Waals surface area contributed by atoms with E-state index < -0.39 is 5.92 Å². The molecule has 1 aromatic carbocycles. The number of nitriles is 1. The molecule has 0 aliphatic carbocycles. The van der Waals surface area contributed by atoms with Crippen molar-refractivity contribution in [3.63, 3.8) is 0 Å². The van der Waals surface area contributed by atoms with Crippen LogP contribution in [0.5, 0.6) is 0 Å². The van der Waals surface area contributed by atoms with Gasteiger partial charge in [0, 0.05) is 70.7 Å². The molecule has 0 bridgehead atoms. The number of nitrogens with zero attached hydrogens (tertiary/aromatic N) is 2. The summed E-state index contributed by atoms with van der Waals surface area (Å²) in [6, 6.07) is 11.9. The van der Waals surface area contributed by atoms with Crippen molar-refractivity contribution in [2.45, 2.75) is 33.1 Å². The maximum atomic E-state index is 13.3. The third kappa shape index (κ3) is 18.3. The summed E-state index contributed by atoms with van der Waals surface area (Å²) in [4.78, 5) is 38.1. The van der Waals surface area contributed by atoms with E-state index in [1.54, 1.807) is 17.4 Å². The molecule has 2 rings (SSSR count). The first kappa shape index (κ1) is 42.0. The topological polar surface area (TPSA) is 148 Å². The molecule has 1 aliphatic heterocycles. The number of nitrogens with one attached hydrogen (secondary N) is 2. The second kappa shape index (κ2) is 25.0. The van der Waals surface area contributed by atoms with Crippen LogP contribution in [-0.4, -0.2) is 115 Å². The van der Waals surface area contributed by atoms with Crippen molar-refractivity contribution in [2.24, 2.45) is 11.3 Å². The molecule has 0 spiro atoms. The normalized spacial score (nSPS) is 16.7. The number of allylic oxidation sites excluding steroid dienone is 1. The van der Waals surface area contributed by atoms with Gasteiger partial charge in [-0.3, -0.25) is 9.59 Å². The summed E-state index contributed by atoms with van der Waals surface area (Å²) in [5, 5.41) is 15.0. The van der Waals surface area contributed by atoms with Gasteiger partial charge in [-0.15, -0.1) is 0 Å². The molecule has 1 heterocycles. The Bertz CT molecular complexity index is 1080. The fraction of sp³-hybridized carbons (Fsp3) is 0.636. The Labute approximate surface area is 304 Å². The quantitative estimate of drug-likeness (QED) is 0.0592. The van der Waals surface area contributed by atoms with Crippen molar-refractivity contribution < 1.29 is 76.7 Å². The molecule has 46 heavy (non-hydrogen) atoms. The molecule has 1 saturated heterocycles. The summed E-state index contributed by atoms with van der Waals surface area (Å²) in [6.07, 6.45) is 3.88. The third-order valence-electron chi connectivity index (χ3n) is 6.79. The van der Waals surface area contributed by atoms with Crippen molar-refractivity contribution in [3.05, 3.63) is 47.5 Å². The Morgan fingerprint density at radius 3 is 1.91 bits per heavy atom. The minimum atomic E-state index is -0.403. The summed E-state index contributed by atoms with van der Waals surface area (Å²) >= 11 is 0. The van der Waals surface area contributed by atoms with E-state index in [9.17, 15) is 19.6 Å². The number of piperidine rings is 1. The van der Waals surface area contributed by atoms with Crippen LogP contribution in [0.15, 0.2) is 42.0 Å². The van der Waals surface area contributed by atoms with Crippen molar-refractivity contribution in [3.8, 4) is 6.07 Å². The summed E-state index contributed by atoms with van der Waals surface area (Å²) in [5.74, 6) is -0.887. The first-order valence-corrected chi connectivity index (χ1v) is 15.5. The number of carbonyl (C=O) groups is 2. The van der Waals surface area contributed by atoms with Crippen LogP contribution in [0.1, 0.15) is 38.7 Å². The van der Waals surface area contributed by atoms with E-state index in [1.807, 2.05) is 51.1 Å². The van der Waals surface area contributed by atoms with Gasteiger partial charge in [0.2, 0.25) is 5.91 Å². The SMILES string of the molecule is CC(C)(C)/C=C(\C#N)C(=O)N1CC(C(=O)NCCOCCOCCOCCOCCOCCN[C-]=O)CC(c2ccccc2)C1.[Tb]. The second-order valence-corrected chi connectivity index (χ2v) is 11.7. The zero-order valence-corrected chi connectivity index (χ0v) is 29.4. The number of carbonyl (C=O) groups excluding carboxylic acids is 3. The monoisotopic (exact) mass is 788 g/mol. The summed E-state index contributed by atoms with van der Waals surface area (Å²) in [6.45, 7) is 11.5. The average molecular weight is 789 g/mol. The first-order chi connectivity index (χ1) is 21.7. The fourth-order valence-electron chi connectivity index (χ4n) is 4.71. The molecular weight excluding hydrogens is 739 g/mol. The molecule has 3 amide bonds. The standard InChI is InChI=1S/C33H49N4O8.Tb/c1-33(2,3)22-30(23-34)32(40)37-24-28(27-7-5-4-6-8-27)21-29(25-37)31(39)36-10-12-42-14-16-44-18-20-45-19-17-43-15-13-41-11-9-35-26-38;/h4-8,22,28-29H,9-21,24-25H2,1-3H3,(H,35,38)(H,36,39);/q-1;/b30-22+;. The van der Waals surface area contributed by atoms with Gasteiger partial charge in [0.15, 0.2) is 0 Å². The average Bonchev–Trinajstić information content (AvgIpc) is 3.04. The summed E-state index contributed by atoms with van der Waals surface area (Å²) in [5.41, 5.74) is 0.842. The second-order valence-electron chi connectivity index (χ2n) is 11.7. The minimum Gasteiger partial charge on any atom is -0.528 e. The molecule has 1 aromatic rings. The van der Waals surface area contributed by atoms with Crippen LogP contribution in [0, 0.1) is 61.3 Å². The van der Waals surface area contributed by atoms with E-state index in [-0.39, 0.29) is 73.9 Å². The zero-order valence-electron chi connectivity index (χ0n) is 27.2. The van der Waals surface area contributed by atoms with Gasteiger partial charge in [-0.05, 0) is 17.4 Å². The number of likely N-dealkylation sites (tertiary alicyclic amines) is 1. The van der Waals surface area contributed by atoms with Crippen molar-refractivity contribution >= 4 is 18.2 Å². The molecule has 1 fully saturated rings. The molecule has 2 unspecified atom stereocenters. The first-order valence-electron chi connectivity index (χ1n) is 15.5. The van der Waals surface area contributed by atoms with E-state index in [4.69, 9.17) is 23.7 Å². The number of benzene rings is 1. The van der Waals surface area contributed by atoms with Crippen LogP contribution >= 0.6 is 0 Å². The molecule has 12 nitrogen and oxygen atoms in total. The number of ether oxygens (including phenoxy) is 5. The fourth-order valence-corrected chi connectivity index (χ4v) is 4.71. The van der Waals surface area contributed by atoms with Crippen LogP contribution in [0.2, 0.25) is 0 Å². The Balaban J connectivity index is 0.0000106. The van der Waals surface area contributed by atoms with Gasteiger partial charge in [-0.2, -0.15) is 11.7 Å². The predicted molar refractivity (Wildman–Crippen MR) is 168 cm³/mol. The van der Waals surface area contributed by atoms with E-state index in [0.29, 0.717) is 92.1 Å². The van der Waals surface area contributed by atoms with Gasteiger partial charge < -0.3 is 44.0 Å². The molecule has 259 valence electrons. The van der Waals surface area contributed by atoms with E-state index >= 15 is 0 Å². The zero-order chi connectivity index (χ0) is 32.8. The van der Waals surface area contributed by atoms with Gasteiger partial charge in [-0.25, -0.2) is 0 Å². The Hall–Kier alpha value is -2.05. The minimum absolute atomic E-state index is 0. The van der Waals surface area contributed by atoms with E-state index in [0.717, 1.165) is 5.56 Å². The molecule has 1 aliphatic rings. The molecule has 13 heteroatoms. The largest absolute Gasteiger partial charge is 0.528 e. The van der Waals surface area contributed by atoms with Gasteiger partial charge in [0.05, 0.1) is 72.0 Å².